The lowest BCUT2D eigenvalue weighted by molar-refractivity contribution is -0.146. The molecule has 0 heterocycles. The SMILES string of the molecule is C/C(=C\C(N)(C(=O)O)C(F)F)CCN. The number of carboxylic acids is 1. The van der Waals surface area contributed by atoms with Crippen LogP contribution in [0.4, 0.5) is 8.78 Å². The molecule has 0 rings (SSSR count). The van der Waals surface area contributed by atoms with Crippen molar-refractivity contribution in [2.24, 2.45) is 11.5 Å². The van der Waals surface area contributed by atoms with Crippen LogP contribution in [0.25, 0.3) is 0 Å². The van der Waals surface area contributed by atoms with Crippen LogP contribution < -0.4 is 11.5 Å². The van der Waals surface area contributed by atoms with Crippen LogP contribution in [0, 0.1) is 0 Å². The molecule has 1 atom stereocenters. The second-order valence-corrected chi connectivity index (χ2v) is 3.07. The minimum atomic E-state index is -3.15. The topological polar surface area (TPSA) is 89.3 Å². The van der Waals surface area contributed by atoms with Crippen LogP contribution in [0.1, 0.15) is 13.3 Å². The number of hydrogen-bond donors (Lipinski definition) is 3. The highest BCUT2D eigenvalue weighted by atomic mass is 19.3. The van der Waals surface area contributed by atoms with Crippen LogP contribution >= 0.6 is 0 Å². The Morgan fingerprint density at radius 1 is 1.64 bits per heavy atom. The number of aliphatic carboxylic acids is 1. The molecule has 0 aliphatic rings. The van der Waals surface area contributed by atoms with Gasteiger partial charge >= 0.3 is 5.97 Å². The van der Waals surface area contributed by atoms with Crippen molar-refractivity contribution in [2.75, 3.05) is 6.54 Å². The zero-order valence-electron chi connectivity index (χ0n) is 7.84. The fraction of sp³-hybridized carbons (Fsp3) is 0.625. The van der Waals surface area contributed by atoms with E-state index in [9.17, 15) is 13.6 Å². The highest BCUT2D eigenvalue weighted by Gasteiger charge is 2.41. The van der Waals surface area contributed by atoms with E-state index in [0.29, 0.717) is 12.0 Å². The summed E-state index contributed by atoms with van der Waals surface area (Å²) in [7, 11) is 0. The van der Waals surface area contributed by atoms with Gasteiger partial charge in [-0.3, -0.25) is 0 Å². The van der Waals surface area contributed by atoms with E-state index in [1.165, 1.54) is 6.92 Å². The van der Waals surface area contributed by atoms with Gasteiger partial charge in [0.05, 0.1) is 0 Å². The summed E-state index contributed by atoms with van der Waals surface area (Å²) in [4.78, 5) is 10.5. The number of halogens is 2. The van der Waals surface area contributed by atoms with Gasteiger partial charge in [0, 0.05) is 0 Å². The van der Waals surface area contributed by atoms with E-state index in [1.807, 2.05) is 0 Å². The third-order valence-electron chi connectivity index (χ3n) is 1.76. The highest BCUT2D eigenvalue weighted by molar-refractivity contribution is 5.82. The summed E-state index contributed by atoms with van der Waals surface area (Å²) in [5.41, 5.74) is 8.06. The van der Waals surface area contributed by atoms with E-state index >= 15 is 0 Å². The molecule has 0 aromatic carbocycles. The maximum atomic E-state index is 12.4. The molecule has 0 saturated carbocycles. The molecule has 0 aromatic heterocycles. The zero-order valence-corrected chi connectivity index (χ0v) is 7.84. The Bertz CT molecular complexity index is 243. The summed E-state index contributed by atoms with van der Waals surface area (Å²) in [6.07, 6.45) is -1.95. The standard InChI is InChI=1S/C8H14F2N2O2/c1-5(2-3-11)4-8(12,6(9)10)7(13)14/h4,6H,2-3,11-12H2,1H3,(H,13,14)/b5-4+. The Labute approximate surface area is 80.6 Å². The minimum absolute atomic E-state index is 0.265. The maximum Gasteiger partial charge on any atom is 0.333 e. The van der Waals surface area contributed by atoms with Gasteiger partial charge in [-0.2, -0.15) is 0 Å². The Morgan fingerprint density at radius 2 is 2.14 bits per heavy atom. The number of hydrogen-bond acceptors (Lipinski definition) is 3. The first-order valence-electron chi connectivity index (χ1n) is 4.03. The average molecular weight is 208 g/mol. The quantitative estimate of drug-likeness (QED) is 0.568. The van der Waals surface area contributed by atoms with Crippen LogP contribution in [0.5, 0.6) is 0 Å². The van der Waals surface area contributed by atoms with Gasteiger partial charge in [-0.05, 0) is 26.0 Å². The third kappa shape index (κ3) is 3.04. The van der Waals surface area contributed by atoms with Gasteiger partial charge in [0.15, 0.2) is 5.54 Å². The number of nitrogens with two attached hydrogens (primary N) is 2. The van der Waals surface area contributed by atoms with Crippen molar-refractivity contribution in [1.29, 1.82) is 0 Å². The van der Waals surface area contributed by atoms with Gasteiger partial charge in [0.1, 0.15) is 0 Å². The molecule has 0 amide bonds. The predicted molar refractivity (Wildman–Crippen MR) is 48.0 cm³/mol. The molecule has 0 aliphatic carbocycles. The van der Waals surface area contributed by atoms with Crippen molar-refractivity contribution in [3.8, 4) is 0 Å². The van der Waals surface area contributed by atoms with Gasteiger partial charge in [0.2, 0.25) is 0 Å². The molecular formula is C8H14F2N2O2. The van der Waals surface area contributed by atoms with E-state index in [4.69, 9.17) is 16.6 Å². The Kier molecular flexibility index (Phi) is 4.65. The van der Waals surface area contributed by atoms with Crippen molar-refractivity contribution in [2.45, 2.75) is 25.3 Å². The third-order valence-corrected chi connectivity index (χ3v) is 1.76. The van der Waals surface area contributed by atoms with Crippen molar-refractivity contribution in [1.82, 2.24) is 0 Å². The molecule has 0 radical (unpaired) electrons. The molecule has 4 nitrogen and oxygen atoms in total. The Hall–Kier alpha value is -1.01. The van der Waals surface area contributed by atoms with E-state index in [0.717, 1.165) is 6.08 Å². The molecule has 0 aliphatic heterocycles. The minimum Gasteiger partial charge on any atom is -0.479 e. The van der Waals surface area contributed by atoms with Crippen molar-refractivity contribution < 1.29 is 18.7 Å². The molecule has 0 spiro atoms. The second kappa shape index (κ2) is 5.02. The lowest BCUT2D eigenvalue weighted by Crippen LogP contribution is -2.52. The molecule has 82 valence electrons. The number of alkyl halides is 2. The van der Waals surface area contributed by atoms with E-state index < -0.39 is 17.9 Å². The summed E-state index contributed by atoms with van der Waals surface area (Å²) in [5.74, 6) is -1.75. The highest BCUT2D eigenvalue weighted by Crippen LogP contribution is 2.17. The fourth-order valence-corrected chi connectivity index (χ4v) is 0.926. The lowest BCUT2D eigenvalue weighted by atomic mass is 9.97. The number of carboxylic acid groups (broad SMARTS) is 1. The first-order chi connectivity index (χ1) is 6.34. The maximum absolute atomic E-state index is 12.4. The van der Waals surface area contributed by atoms with Crippen LogP contribution in [-0.2, 0) is 4.79 Å². The van der Waals surface area contributed by atoms with Crippen molar-refractivity contribution >= 4 is 5.97 Å². The summed E-state index contributed by atoms with van der Waals surface area (Å²) in [5, 5.41) is 8.54. The van der Waals surface area contributed by atoms with Gasteiger partial charge in [-0.25, -0.2) is 13.6 Å². The zero-order chi connectivity index (χ0) is 11.4. The van der Waals surface area contributed by atoms with Crippen LogP contribution in [0.15, 0.2) is 11.6 Å². The molecule has 5 N–H and O–H groups in total. The van der Waals surface area contributed by atoms with E-state index in [1.54, 1.807) is 0 Å². The Morgan fingerprint density at radius 3 is 2.43 bits per heavy atom. The number of carbonyl (C=O) groups is 1. The summed E-state index contributed by atoms with van der Waals surface area (Å²) in [6, 6.07) is 0. The van der Waals surface area contributed by atoms with Crippen LogP contribution in [0.3, 0.4) is 0 Å². The van der Waals surface area contributed by atoms with E-state index in [-0.39, 0.29) is 6.54 Å². The molecule has 14 heavy (non-hydrogen) atoms. The second-order valence-electron chi connectivity index (χ2n) is 3.07. The van der Waals surface area contributed by atoms with E-state index in [2.05, 4.69) is 0 Å². The normalized spacial score (nSPS) is 16.9. The molecule has 0 aromatic rings. The molecule has 0 saturated heterocycles. The Balaban J connectivity index is 4.85. The summed E-state index contributed by atoms with van der Waals surface area (Å²) < 4.78 is 24.7. The molecule has 6 heteroatoms. The molecule has 0 fully saturated rings. The first kappa shape index (κ1) is 13.0. The lowest BCUT2D eigenvalue weighted by Gasteiger charge is -2.20. The van der Waals surface area contributed by atoms with Gasteiger partial charge in [0.25, 0.3) is 6.43 Å². The smallest absolute Gasteiger partial charge is 0.333 e. The van der Waals surface area contributed by atoms with Crippen molar-refractivity contribution in [3.05, 3.63) is 11.6 Å². The number of rotatable bonds is 5. The average Bonchev–Trinajstić information content (AvgIpc) is 2.03. The van der Waals surface area contributed by atoms with Gasteiger partial charge in [-0.15, -0.1) is 0 Å². The van der Waals surface area contributed by atoms with Crippen LogP contribution in [0.2, 0.25) is 0 Å². The van der Waals surface area contributed by atoms with Crippen LogP contribution in [-0.4, -0.2) is 29.6 Å². The largest absolute Gasteiger partial charge is 0.479 e. The van der Waals surface area contributed by atoms with Gasteiger partial charge in [-0.1, -0.05) is 5.57 Å². The predicted octanol–water partition coefficient (Wildman–Crippen LogP) is 0.329. The monoisotopic (exact) mass is 208 g/mol. The summed E-state index contributed by atoms with van der Waals surface area (Å²) in [6.45, 7) is 1.78. The fourth-order valence-electron chi connectivity index (χ4n) is 0.926. The molecule has 1 unspecified atom stereocenters. The molecular weight excluding hydrogens is 194 g/mol. The molecule has 0 bridgehead atoms. The van der Waals surface area contributed by atoms with Crippen molar-refractivity contribution in [3.63, 3.8) is 0 Å². The first-order valence-corrected chi connectivity index (χ1v) is 4.03. The summed E-state index contributed by atoms with van der Waals surface area (Å²) >= 11 is 0. The van der Waals surface area contributed by atoms with Gasteiger partial charge < -0.3 is 16.6 Å².